The fraction of sp³-hybridized carbons (Fsp3) is 0.500. The van der Waals surface area contributed by atoms with Gasteiger partial charge in [-0.1, -0.05) is 6.07 Å². The predicted octanol–water partition coefficient (Wildman–Crippen LogP) is 2.55. The fourth-order valence-electron chi connectivity index (χ4n) is 2.52. The molecule has 0 unspecified atom stereocenters. The van der Waals surface area contributed by atoms with E-state index in [1.54, 1.807) is 30.9 Å². The lowest BCUT2D eigenvalue weighted by molar-refractivity contribution is -0.149. The summed E-state index contributed by atoms with van der Waals surface area (Å²) in [7, 11) is 0. The maximum absolute atomic E-state index is 13.6. The molecule has 1 atom stereocenters. The number of likely N-dealkylation sites (tertiary alicyclic amines) is 1. The molecule has 1 saturated heterocycles. The molecule has 0 saturated carbocycles. The second-order valence-electron chi connectivity index (χ2n) is 5.31. The molecule has 2 rings (SSSR count). The summed E-state index contributed by atoms with van der Waals surface area (Å²) in [5.41, 5.74) is 0.831. The molecule has 1 aliphatic heterocycles. The van der Waals surface area contributed by atoms with Crippen molar-refractivity contribution >= 4 is 11.9 Å². The highest BCUT2D eigenvalue weighted by molar-refractivity contribution is 5.94. The first-order chi connectivity index (χ1) is 10.0. The number of aryl methyl sites for hydroxylation is 1. The normalized spacial score (nSPS) is 18.4. The van der Waals surface area contributed by atoms with Gasteiger partial charge in [0, 0.05) is 18.7 Å². The van der Waals surface area contributed by atoms with E-state index in [-0.39, 0.29) is 23.6 Å². The summed E-state index contributed by atoms with van der Waals surface area (Å²) in [6.07, 6.45) is 1.48. The van der Waals surface area contributed by atoms with Crippen molar-refractivity contribution in [1.29, 1.82) is 0 Å². The van der Waals surface area contributed by atoms with Crippen molar-refractivity contribution in [2.24, 2.45) is 5.92 Å². The number of rotatable bonds is 3. The number of esters is 1. The third-order valence-electron chi connectivity index (χ3n) is 3.75. The number of amides is 1. The minimum atomic E-state index is -0.389. The lowest BCUT2D eigenvalue weighted by Crippen LogP contribution is -2.42. The molecule has 1 heterocycles. The van der Waals surface area contributed by atoms with E-state index in [1.165, 1.54) is 6.07 Å². The van der Waals surface area contributed by atoms with Crippen molar-refractivity contribution in [2.75, 3.05) is 19.7 Å². The van der Waals surface area contributed by atoms with Crippen LogP contribution >= 0.6 is 0 Å². The Kier molecular flexibility index (Phi) is 4.94. The van der Waals surface area contributed by atoms with Crippen LogP contribution in [-0.2, 0) is 9.53 Å². The van der Waals surface area contributed by atoms with Gasteiger partial charge in [0.25, 0.3) is 5.91 Å². The Labute approximate surface area is 123 Å². The monoisotopic (exact) mass is 293 g/mol. The van der Waals surface area contributed by atoms with Crippen LogP contribution in [0.15, 0.2) is 18.2 Å². The van der Waals surface area contributed by atoms with E-state index in [1.807, 2.05) is 0 Å². The largest absolute Gasteiger partial charge is 0.466 e. The van der Waals surface area contributed by atoms with Crippen molar-refractivity contribution in [3.05, 3.63) is 35.1 Å². The minimum Gasteiger partial charge on any atom is -0.466 e. The fourth-order valence-corrected chi connectivity index (χ4v) is 2.52. The molecule has 1 fully saturated rings. The number of hydrogen-bond acceptors (Lipinski definition) is 3. The molecular formula is C16H20FNO3. The number of benzene rings is 1. The van der Waals surface area contributed by atoms with Crippen molar-refractivity contribution < 1.29 is 18.7 Å². The van der Waals surface area contributed by atoms with E-state index in [2.05, 4.69) is 0 Å². The summed E-state index contributed by atoms with van der Waals surface area (Å²) in [6, 6.07) is 4.47. The lowest BCUT2D eigenvalue weighted by atomic mass is 9.97. The quantitative estimate of drug-likeness (QED) is 0.805. The van der Waals surface area contributed by atoms with Crippen LogP contribution < -0.4 is 0 Å². The zero-order chi connectivity index (χ0) is 15.4. The van der Waals surface area contributed by atoms with E-state index in [0.717, 1.165) is 12.8 Å². The van der Waals surface area contributed by atoms with Crippen LogP contribution in [0.1, 0.15) is 35.7 Å². The molecule has 1 aromatic rings. The molecule has 0 aliphatic carbocycles. The van der Waals surface area contributed by atoms with Gasteiger partial charge in [0.15, 0.2) is 0 Å². The van der Waals surface area contributed by atoms with Crippen LogP contribution in [0.25, 0.3) is 0 Å². The van der Waals surface area contributed by atoms with E-state index in [9.17, 15) is 14.0 Å². The van der Waals surface area contributed by atoms with Crippen molar-refractivity contribution in [1.82, 2.24) is 4.90 Å². The Morgan fingerprint density at radius 2 is 2.19 bits per heavy atom. The second-order valence-corrected chi connectivity index (χ2v) is 5.31. The first-order valence-electron chi connectivity index (χ1n) is 7.25. The van der Waals surface area contributed by atoms with Crippen LogP contribution in [0, 0.1) is 18.7 Å². The average molecular weight is 293 g/mol. The Morgan fingerprint density at radius 3 is 2.86 bits per heavy atom. The van der Waals surface area contributed by atoms with E-state index < -0.39 is 0 Å². The van der Waals surface area contributed by atoms with Crippen LogP contribution in [-0.4, -0.2) is 36.5 Å². The molecule has 21 heavy (non-hydrogen) atoms. The molecule has 4 nitrogen and oxygen atoms in total. The SMILES string of the molecule is CCOC(=O)[C@H]1CCCN(C(=O)c2ccc(C)c(F)c2)C1. The highest BCUT2D eigenvalue weighted by Gasteiger charge is 2.29. The molecule has 1 amide bonds. The molecule has 0 N–H and O–H groups in total. The predicted molar refractivity (Wildman–Crippen MR) is 76.4 cm³/mol. The maximum Gasteiger partial charge on any atom is 0.310 e. The van der Waals surface area contributed by atoms with Gasteiger partial charge in [0.2, 0.25) is 0 Å². The van der Waals surface area contributed by atoms with Gasteiger partial charge in [0.1, 0.15) is 5.82 Å². The van der Waals surface area contributed by atoms with E-state index in [0.29, 0.717) is 30.8 Å². The summed E-state index contributed by atoms with van der Waals surface area (Å²) in [5.74, 6) is -1.16. The second kappa shape index (κ2) is 6.70. The Bertz CT molecular complexity index is 544. The molecule has 114 valence electrons. The zero-order valence-electron chi connectivity index (χ0n) is 12.4. The number of carbonyl (C=O) groups excluding carboxylic acids is 2. The summed E-state index contributed by atoms with van der Waals surface area (Å²) in [5, 5.41) is 0. The van der Waals surface area contributed by atoms with Crippen molar-refractivity contribution in [3.8, 4) is 0 Å². The number of halogens is 1. The molecule has 5 heteroatoms. The summed E-state index contributed by atoms with van der Waals surface area (Å²) < 4.78 is 18.6. The smallest absolute Gasteiger partial charge is 0.310 e. The van der Waals surface area contributed by atoms with Gasteiger partial charge in [-0.3, -0.25) is 9.59 Å². The number of nitrogens with zero attached hydrogens (tertiary/aromatic N) is 1. The minimum absolute atomic E-state index is 0.233. The van der Waals surface area contributed by atoms with Crippen LogP contribution in [0.5, 0.6) is 0 Å². The number of ether oxygens (including phenoxy) is 1. The molecule has 0 spiro atoms. The van der Waals surface area contributed by atoms with Crippen molar-refractivity contribution in [2.45, 2.75) is 26.7 Å². The van der Waals surface area contributed by atoms with E-state index >= 15 is 0 Å². The topological polar surface area (TPSA) is 46.6 Å². The highest BCUT2D eigenvalue weighted by atomic mass is 19.1. The molecule has 0 aromatic heterocycles. The number of hydrogen-bond donors (Lipinski definition) is 0. The maximum atomic E-state index is 13.6. The van der Waals surface area contributed by atoms with Crippen LogP contribution in [0.3, 0.4) is 0 Å². The van der Waals surface area contributed by atoms with Crippen LogP contribution in [0.2, 0.25) is 0 Å². The van der Waals surface area contributed by atoms with Crippen molar-refractivity contribution in [3.63, 3.8) is 0 Å². The lowest BCUT2D eigenvalue weighted by Gasteiger charge is -2.31. The molecule has 0 bridgehead atoms. The van der Waals surface area contributed by atoms with Gasteiger partial charge >= 0.3 is 5.97 Å². The zero-order valence-corrected chi connectivity index (χ0v) is 12.4. The first kappa shape index (κ1) is 15.5. The average Bonchev–Trinajstić information content (AvgIpc) is 2.49. The Hall–Kier alpha value is -1.91. The number of piperidine rings is 1. The van der Waals surface area contributed by atoms with Gasteiger partial charge < -0.3 is 9.64 Å². The summed E-state index contributed by atoms with van der Waals surface area (Å²) in [6.45, 7) is 4.68. The third kappa shape index (κ3) is 3.60. The standard InChI is InChI=1S/C16H20FNO3/c1-3-21-16(20)13-5-4-8-18(10-13)15(19)12-7-6-11(2)14(17)9-12/h6-7,9,13H,3-5,8,10H2,1-2H3/t13-/m0/s1. The van der Waals surface area contributed by atoms with Crippen LogP contribution in [0.4, 0.5) is 4.39 Å². The third-order valence-corrected chi connectivity index (χ3v) is 3.75. The van der Waals surface area contributed by atoms with Gasteiger partial charge in [-0.05, 0) is 44.4 Å². The van der Waals surface area contributed by atoms with Gasteiger partial charge in [-0.15, -0.1) is 0 Å². The molecular weight excluding hydrogens is 273 g/mol. The number of carbonyl (C=O) groups is 2. The molecule has 1 aromatic carbocycles. The van der Waals surface area contributed by atoms with E-state index in [4.69, 9.17) is 4.74 Å². The summed E-state index contributed by atoms with van der Waals surface area (Å²) >= 11 is 0. The highest BCUT2D eigenvalue weighted by Crippen LogP contribution is 2.20. The van der Waals surface area contributed by atoms with Gasteiger partial charge in [0.05, 0.1) is 12.5 Å². The van der Waals surface area contributed by atoms with Gasteiger partial charge in [-0.2, -0.15) is 0 Å². The van der Waals surface area contributed by atoms with Gasteiger partial charge in [-0.25, -0.2) is 4.39 Å². The Balaban J connectivity index is 2.08. The molecule has 1 aliphatic rings. The molecule has 0 radical (unpaired) electrons. The summed E-state index contributed by atoms with van der Waals surface area (Å²) in [4.78, 5) is 25.8. The Morgan fingerprint density at radius 1 is 1.43 bits per heavy atom. The first-order valence-corrected chi connectivity index (χ1v) is 7.25.